The number of rotatable bonds is 0. The maximum absolute atomic E-state index is 6.95. The molecule has 0 bridgehead atoms. The van der Waals surface area contributed by atoms with E-state index in [2.05, 4.69) is 27.7 Å². The van der Waals surface area contributed by atoms with Gasteiger partial charge < -0.3 is 14.2 Å². The van der Waals surface area contributed by atoms with Gasteiger partial charge in [-0.3, -0.25) is 0 Å². The van der Waals surface area contributed by atoms with Crippen molar-refractivity contribution in [3.8, 4) is 0 Å². The first-order valence-corrected chi connectivity index (χ1v) is 13.4. The van der Waals surface area contributed by atoms with Crippen molar-refractivity contribution in [2.75, 3.05) is 6.61 Å². The molecular formula is C27H42O3. The molecule has 0 unspecified atom stereocenters. The van der Waals surface area contributed by atoms with Gasteiger partial charge in [0.05, 0.1) is 18.8 Å². The van der Waals surface area contributed by atoms with Crippen LogP contribution in [0.3, 0.4) is 0 Å². The average Bonchev–Trinajstić information content (AvgIpc) is 3.42. The molecule has 0 N–H and O–H groups in total. The minimum atomic E-state index is -0.440. The summed E-state index contributed by atoms with van der Waals surface area (Å²) < 4.78 is 19.6. The average molecular weight is 415 g/mol. The van der Waals surface area contributed by atoms with E-state index in [1.807, 2.05) is 0 Å². The molecule has 4 aliphatic carbocycles. The number of hydrogen-bond acceptors (Lipinski definition) is 3. The van der Waals surface area contributed by atoms with E-state index in [9.17, 15) is 0 Å². The topological polar surface area (TPSA) is 31.0 Å². The Morgan fingerprint density at radius 3 is 2.60 bits per heavy atom. The molecule has 1 spiro atoms. The van der Waals surface area contributed by atoms with Crippen LogP contribution in [-0.4, -0.2) is 30.7 Å². The number of hydrogen-bond donors (Lipinski definition) is 0. The first kappa shape index (κ1) is 19.4. The Balaban J connectivity index is 1.18. The van der Waals surface area contributed by atoms with Gasteiger partial charge in [0.1, 0.15) is 6.10 Å². The lowest BCUT2D eigenvalue weighted by atomic mass is 9.44. The molecule has 3 nitrogen and oxygen atoms in total. The molecule has 3 aliphatic heterocycles. The smallest absolute Gasteiger partial charge is 0.200 e. The minimum absolute atomic E-state index is 0.192. The highest BCUT2D eigenvalue weighted by molar-refractivity contribution is 5.18. The number of epoxide rings is 1. The Labute approximate surface area is 183 Å². The molecule has 4 saturated carbocycles. The van der Waals surface area contributed by atoms with Gasteiger partial charge in [0.25, 0.3) is 0 Å². The molecule has 7 rings (SSSR count). The van der Waals surface area contributed by atoms with Crippen LogP contribution in [0.4, 0.5) is 0 Å². The second-order valence-electron chi connectivity index (χ2n) is 13.2. The highest BCUT2D eigenvalue weighted by Gasteiger charge is 2.74. The maximum Gasteiger partial charge on any atom is 0.200 e. The van der Waals surface area contributed by atoms with Crippen LogP contribution in [0.2, 0.25) is 0 Å². The van der Waals surface area contributed by atoms with Gasteiger partial charge in [-0.15, -0.1) is 0 Å². The van der Waals surface area contributed by atoms with Gasteiger partial charge in [-0.05, 0) is 85.4 Å². The Morgan fingerprint density at radius 1 is 0.867 bits per heavy atom. The number of ether oxygens (including phenoxy) is 3. The highest BCUT2D eigenvalue weighted by Crippen LogP contribution is 2.72. The Bertz CT molecular complexity index is 738. The van der Waals surface area contributed by atoms with Crippen molar-refractivity contribution in [3.63, 3.8) is 0 Å². The fourth-order valence-corrected chi connectivity index (χ4v) is 10.7. The molecule has 0 aromatic carbocycles. The van der Waals surface area contributed by atoms with Crippen molar-refractivity contribution in [2.45, 2.75) is 110 Å². The lowest BCUT2D eigenvalue weighted by Crippen LogP contribution is -2.55. The van der Waals surface area contributed by atoms with Crippen molar-refractivity contribution in [1.29, 1.82) is 0 Å². The largest absolute Gasteiger partial charge is 0.363 e. The summed E-state index contributed by atoms with van der Waals surface area (Å²) in [5.41, 5.74) is 1.06. The molecule has 3 saturated heterocycles. The van der Waals surface area contributed by atoms with E-state index in [-0.39, 0.29) is 6.10 Å². The quantitative estimate of drug-likeness (QED) is 0.469. The fraction of sp³-hybridized carbons (Fsp3) is 1.00. The van der Waals surface area contributed by atoms with Crippen LogP contribution in [0, 0.1) is 52.3 Å². The van der Waals surface area contributed by atoms with E-state index in [0.29, 0.717) is 40.8 Å². The van der Waals surface area contributed by atoms with Crippen LogP contribution in [0.15, 0.2) is 0 Å². The molecule has 0 radical (unpaired) electrons. The van der Waals surface area contributed by atoms with Crippen molar-refractivity contribution >= 4 is 0 Å². The number of fused-ring (bicyclic) bond motifs is 9. The first-order valence-electron chi connectivity index (χ1n) is 13.4. The Morgan fingerprint density at radius 2 is 1.73 bits per heavy atom. The third-order valence-corrected chi connectivity index (χ3v) is 12.2. The summed E-state index contributed by atoms with van der Waals surface area (Å²) in [5, 5.41) is 0. The van der Waals surface area contributed by atoms with Gasteiger partial charge in [-0.1, -0.05) is 40.5 Å². The zero-order valence-corrected chi connectivity index (χ0v) is 19.6. The molecule has 3 heteroatoms. The lowest BCUT2D eigenvalue weighted by molar-refractivity contribution is -0.268. The van der Waals surface area contributed by atoms with Gasteiger partial charge >= 0.3 is 0 Å². The summed E-state index contributed by atoms with van der Waals surface area (Å²) >= 11 is 0. The summed E-state index contributed by atoms with van der Waals surface area (Å²) in [4.78, 5) is 0. The zero-order valence-electron chi connectivity index (χ0n) is 19.6. The van der Waals surface area contributed by atoms with Crippen LogP contribution >= 0.6 is 0 Å². The molecule has 30 heavy (non-hydrogen) atoms. The highest BCUT2D eigenvalue weighted by atomic mass is 16.8. The van der Waals surface area contributed by atoms with Gasteiger partial charge in [-0.2, -0.15) is 0 Å². The normalized spacial score (nSPS) is 66.0. The molecule has 168 valence electrons. The monoisotopic (exact) mass is 414 g/mol. The lowest BCUT2D eigenvalue weighted by Gasteiger charge is -2.61. The Hall–Kier alpha value is -0.120. The molecule has 13 atom stereocenters. The van der Waals surface area contributed by atoms with Gasteiger partial charge in [-0.25, -0.2) is 0 Å². The summed E-state index contributed by atoms with van der Waals surface area (Å²) in [6.45, 7) is 10.9. The SMILES string of the molecule is C[C@H]1CO[C@@]2(O[C@H]3C[C@H]4[C@@H]5CC[C@H]6CCCC[C@]6(C)[C@H]5CC[C@]4(C)[C@H]3[C@@H]2C)[C@H]2O[C@@H]12. The first-order chi connectivity index (χ1) is 14.4. The molecule has 7 aliphatic rings. The maximum atomic E-state index is 6.95. The second kappa shape index (κ2) is 6.06. The third kappa shape index (κ3) is 2.19. The van der Waals surface area contributed by atoms with Crippen molar-refractivity contribution in [1.82, 2.24) is 0 Å². The zero-order chi connectivity index (χ0) is 20.5. The predicted molar refractivity (Wildman–Crippen MR) is 116 cm³/mol. The van der Waals surface area contributed by atoms with Crippen molar-refractivity contribution in [2.24, 2.45) is 52.3 Å². The van der Waals surface area contributed by atoms with E-state index in [4.69, 9.17) is 14.2 Å². The minimum Gasteiger partial charge on any atom is -0.363 e. The summed E-state index contributed by atoms with van der Waals surface area (Å²) in [6, 6.07) is 0. The van der Waals surface area contributed by atoms with Crippen LogP contribution < -0.4 is 0 Å². The van der Waals surface area contributed by atoms with E-state index in [1.54, 1.807) is 0 Å². The predicted octanol–water partition coefficient (Wildman–Crippen LogP) is 5.81. The van der Waals surface area contributed by atoms with E-state index < -0.39 is 5.79 Å². The van der Waals surface area contributed by atoms with E-state index in [0.717, 1.165) is 30.3 Å². The van der Waals surface area contributed by atoms with Crippen LogP contribution in [0.1, 0.15) is 85.5 Å². The molecule has 0 amide bonds. The summed E-state index contributed by atoms with van der Waals surface area (Å²) in [5.74, 6) is 4.98. The van der Waals surface area contributed by atoms with Crippen LogP contribution in [0.25, 0.3) is 0 Å². The van der Waals surface area contributed by atoms with Crippen LogP contribution in [0.5, 0.6) is 0 Å². The standard InChI is InChI=1S/C27H42O3/c1-15-14-28-27(24-23(15)29-24)16(2)22-21(30-27)13-20-18-9-8-17-7-5-6-11-25(17,3)19(18)10-12-26(20,22)4/h15-24H,5-14H2,1-4H3/t15-,16-,17+,18+,19-,20-,21-,22-,23-,24-,25-,26-,27-/m0/s1. The fourth-order valence-electron chi connectivity index (χ4n) is 10.7. The van der Waals surface area contributed by atoms with Gasteiger partial charge in [0, 0.05) is 11.8 Å². The molecular weight excluding hydrogens is 372 g/mol. The third-order valence-electron chi connectivity index (χ3n) is 12.2. The van der Waals surface area contributed by atoms with Crippen LogP contribution in [-0.2, 0) is 14.2 Å². The molecule has 0 aromatic rings. The molecule has 7 fully saturated rings. The summed E-state index contributed by atoms with van der Waals surface area (Å²) in [7, 11) is 0. The molecule has 3 heterocycles. The van der Waals surface area contributed by atoms with Gasteiger partial charge in [0.2, 0.25) is 5.79 Å². The van der Waals surface area contributed by atoms with E-state index in [1.165, 1.54) is 57.8 Å². The van der Waals surface area contributed by atoms with Gasteiger partial charge in [0.15, 0.2) is 0 Å². The summed E-state index contributed by atoms with van der Waals surface area (Å²) in [6.07, 6.45) is 14.1. The van der Waals surface area contributed by atoms with E-state index >= 15 is 0 Å². The van der Waals surface area contributed by atoms with Crippen molar-refractivity contribution in [3.05, 3.63) is 0 Å². The van der Waals surface area contributed by atoms with Crippen molar-refractivity contribution < 1.29 is 14.2 Å². The Kier molecular flexibility index (Phi) is 3.91. The second-order valence-corrected chi connectivity index (χ2v) is 13.2. The molecule has 0 aromatic heterocycles.